The summed E-state index contributed by atoms with van der Waals surface area (Å²) in [6.07, 6.45) is 59.5. The van der Waals surface area contributed by atoms with Gasteiger partial charge in [-0.05, 0) is 44.9 Å². The lowest BCUT2D eigenvalue weighted by molar-refractivity contribution is -0.870. The topological polar surface area (TPSA) is 91.3 Å². The van der Waals surface area contributed by atoms with E-state index in [1.165, 1.54) is 205 Å². The number of phosphoric ester groups is 1. The molecule has 0 saturated heterocycles. The first-order valence-corrected chi connectivity index (χ1v) is 29.6. The molecule has 0 saturated carbocycles. The van der Waals surface area contributed by atoms with E-state index in [4.69, 9.17) is 18.5 Å². The van der Waals surface area contributed by atoms with Crippen LogP contribution < -0.4 is 0 Å². The van der Waals surface area contributed by atoms with Crippen molar-refractivity contribution in [2.45, 2.75) is 277 Å². The molecule has 1 N–H and O–H groups in total. The van der Waals surface area contributed by atoms with Crippen LogP contribution >= 0.6 is 7.82 Å². The Hall–Kier alpha value is -1.02. The molecule has 0 aromatic carbocycles. The standard InChI is InChI=1S/C56H110NO7P/c1-6-8-10-12-14-16-18-20-22-24-26-27-28-29-30-31-32-34-36-38-40-42-44-46-48-51-61-53-55(54-63-65(59,60)62-52-50-57(3,4)5)64-56(58)49-47-45-43-41-39-37-35-33-25-23-21-19-17-15-13-11-9-7-2/h17,19,23,25,55H,6-16,18,20-22,24,26-54H2,1-5H3/p+1/b19-17-,25-23-. The lowest BCUT2D eigenvalue weighted by Gasteiger charge is -2.24. The summed E-state index contributed by atoms with van der Waals surface area (Å²) < 4.78 is 35.2. The Kier molecular flexibility index (Phi) is 48.6. The van der Waals surface area contributed by atoms with Crippen molar-refractivity contribution in [3.63, 3.8) is 0 Å². The van der Waals surface area contributed by atoms with Crippen molar-refractivity contribution in [1.29, 1.82) is 0 Å². The van der Waals surface area contributed by atoms with Gasteiger partial charge in [0.15, 0.2) is 0 Å². The van der Waals surface area contributed by atoms with Crippen LogP contribution in [0.2, 0.25) is 0 Å². The van der Waals surface area contributed by atoms with Crippen molar-refractivity contribution in [3.05, 3.63) is 24.3 Å². The number of ether oxygens (including phenoxy) is 2. The minimum absolute atomic E-state index is 0.0893. The average molecular weight is 941 g/mol. The van der Waals surface area contributed by atoms with Gasteiger partial charge in [0.1, 0.15) is 19.3 Å². The van der Waals surface area contributed by atoms with Crippen LogP contribution in [-0.2, 0) is 27.9 Å². The third-order valence-corrected chi connectivity index (χ3v) is 13.5. The lowest BCUT2D eigenvalue weighted by Crippen LogP contribution is -2.37. The Morgan fingerprint density at radius 2 is 0.846 bits per heavy atom. The smallest absolute Gasteiger partial charge is 0.457 e. The summed E-state index contributed by atoms with van der Waals surface area (Å²) in [6.45, 7) is 5.66. The quantitative estimate of drug-likeness (QED) is 0.0213. The van der Waals surface area contributed by atoms with E-state index in [2.05, 4.69) is 38.2 Å². The van der Waals surface area contributed by atoms with Crippen LogP contribution in [0.1, 0.15) is 271 Å². The Balaban J connectivity index is 4.04. The maximum atomic E-state index is 12.8. The van der Waals surface area contributed by atoms with E-state index < -0.39 is 13.9 Å². The number of hydrogen-bond donors (Lipinski definition) is 1. The molecule has 0 aliphatic rings. The van der Waals surface area contributed by atoms with E-state index >= 15 is 0 Å². The van der Waals surface area contributed by atoms with Gasteiger partial charge >= 0.3 is 13.8 Å². The predicted octanol–water partition coefficient (Wildman–Crippen LogP) is 17.5. The van der Waals surface area contributed by atoms with Crippen LogP contribution in [0.15, 0.2) is 24.3 Å². The molecule has 0 aromatic heterocycles. The number of quaternary nitrogens is 1. The number of likely N-dealkylation sites (N-methyl/N-ethyl adjacent to an activating group) is 1. The van der Waals surface area contributed by atoms with Gasteiger partial charge in [0.2, 0.25) is 0 Å². The zero-order chi connectivity index (χ0) is 47.6. The average Bonchev–Trinajstić information content (AvgIpc) is 3.27. The molecule has 0 fully saturated rings. The highest BCUT2D eigenvalue weighted by Gasteiger charge is 2.26. The number of hydrogen-bond acceptors (Lipinski definition) is 6. The molecule has 0 aliphatic heterocycles. The fraction of sp³-hybridized carbons (Fsp3) is 0.911. The Labute approximate surface area is 404 Å². The van der Waals surface area contributed by atoms with Gasteiger partial charge in [-0.3, -0.25) is 13.8 Å². The van der Waals surface area contributed by atoms with Gasteiger partial charge in [0.05, 0.1) is 34.4 Å². The molecule has 8 nitrogen and oxygen atoms in total. The minimum atomic E-state index is -4.28. The van der Waals surface area contributed by atoms with Crippen molar-refractivity contribution in [2.24, 2.45) is 0 Å². The summed E-state index contributed by atoms with van der Waals surface area (Å²) in [6, 6.07) is 0. The van der Waals surface area contributed by atoms with Gasteiger partial charge in [-0.15, -0.1) is 0 Å². The molecule has 0 bridgehead atoms. The molecule has 0 radical (unpaired) electrons. The largest absolute Gasteiger partial charge is 0.472 e. The second-order valence-corrected chi connectivity index (χ2v) is 21.8. The van der Waals surface area contributed by atoms with Crippen LogP contribution in [0, 0.1) is 0 Å². The van der Waals surface area contributed by atoms with Crippen LogP contribution in [0.3, 0.4) is 0 Å². The number of carbonyl (C=O) groups is 1. The second kappa shape index (κ2) is 49.4. The molecular formula is C56H111NO7P+. The van der Waals surface area contributed by atoms with Gasteiger partial charge in [-0.25, -0.2) is 4.57 Å². The Morgan fingerprint density at radius 3 is 1.26 bits per heavy atom. The first-order valence-electron chi connectivity index (χ1n) is 28.1. The SMILES string of the molecule is CCCCCC/C=C\C/C=C\CCCCCCCCCC(=O)OC(COCCCCCCCCCCCCCCCCCCCCCCCCCCC)COP(=O)(O)OCC[N+](C)(C)C. The number of nitrogens with zero attached hydrogens (tertiary/aromatic N) is 1. The highest BCUT2D eigenvalue weighted by molar-refractivity contribution is 7.47. The summed E-state index contributed by atoms with van der Waals surface area (Å²) in [5.74, 6) is -0.316. The zero-order valence-corrected chi connectivity index (χ0v) is 44.9. The molecule has 0 aliphatic carbocycles. The summed E-state index contributed by atoms with van der Waals surface area (Å²) in [7, 11) is 1.68. The summed E-state index contributed by atoms with van der Waals surface area (Å²) in [4.78, 5) is 23.0. The zero-order valence-electron chi connectivity index (χ0n) is 44.0. The highest BCUT2D eigenvalue weighted by atomic mass is 31.2. The van der Waals surface area contributed by atoms with Crippen molar-refractivity contribution < 1.29 is 37.3 Å². The molecule has 386 valence electrons. The molecule has 0 aromatic rings. The van der Waals surface area contributed by atoms with Crippen molar-refractivity contribution in [2.75, 3.05) is 54.1 Å². The van der Waals surface area contributed by atoms with E-state index in [1.807, 2.05) is 21.1 Å². The van der Waals surface area contributed by atoms with Crippen LogP contribution in [0.25, 0.3) is 0 Å². The number of phosphoric acid groups is 1. The van der Waals surface area contributed by atoms with Gasteiger partial charge in [-0.2, -0.15) is 0 Å². The number of esters is 1. The maximum absolute atomic E-state index is 12.8. The van der Waals surface area contributed by atoms with Gasteiger partial charge in [0, 0.05) is 13.0 Å². The van der Waals surface area contributed by atoms with Crippen LogP contribution in [-0.4, -0.2) is 75.6 Å². The molecular weight excluding hydrogens is 830 g/mol. The summed E-state index contributed by atoms with van der Waals surface area (Å²) in [5, 5.41) is 0. The summed E-state index contributed by atoms with van der Waals surface area (Å²) in [5.41, 5.74) is 0. The van der Waals surface area contributed by atoms with Crippen molar-refractivity contribution in [3.8, 4) is 0 Å². The van der Waals surface area contributed by atoms with E-state index in [0.29, 0.717) is 24.1 Å². The number of unbranched alkanes of at least 4 members (excludes halogenated alkanes) is 35. The predicted molar refractivity (Wildman–Crippen MR) is 280 cm³/mol. The maximum Gasteiger partial charge on any atom is 0.472 e. The van der Waals surface area contributed by atoms with E-state index in [-0.39, 0.29) is 25.8 Å². The number of carbonyl (C=O) groups excluding carboxylic acids is 1. The molecule has 65 heavy (non-hydrogen) atoms. The van der Waals surface area contributed by atoms with Crippen molar-refractivity contribution >= 4 is 13.8 Å². The third-order valence-electron chi connectivity index (χ3n) is 12.5. The van der Waals surface area contributed by atoms with Gasteiger partial charge < -0.3 is 18.9 Å². The fourth-order valence-corrected chi connectivity index (χ4v) is 8.92. The van der Waals surface area contributed by atoms with E-state index in [9.17, 15) is 14.3 Å². The number of rotatable bonds is 53. The Bertz CT molecular complexity index is 1090. The van der Waals surface area contributed by atoms with Crippen molar-refractivity contribution in [1.82, 2.24) is 0 Å². The summed E-state index contributed by atoms with van der Waals surface area (Å²) >= 11 is 0. The third kappa shape index (κ3) is 53.8. The van der Waals surface area contributed by atoms with E-state index in [0.717, 1.165) is 44.9 Å². The Morgan fingerprint density at radius 1 is 0.477 bits per heavy atom. The van der Waals surface area contributed by atoms with Gasteiger partial charge in [-0.1, -0.05) is 244 Å². The van der Waals surface area contributed by atoms with E-state index in [1.54, 1.807) is 0 Å². The first kappa shape index (κ1) is 64.0. The monoisotopic (exact) mass is 941 g/mol. The lowest BCUT2D eigenvalue weighted by atomic mass is 10.0. The number of allylic oxidation sites excluding steroid dienone is 4. The minimum Gasteiger partial charge on any atom is -0.457 e. The molecule has 0 rings (SSSR count). The molecule has 9 heteroatoms. The molecule has 2 atom stereocenters. The fourth-order valence-electron chi connectivity index (χ4n) is 8.17. The normalized spacial score (nSPS) is 13.6. The second-order valence-electron chi connectivity index (χ2n) is 20.3. The molecule has 0 amide bonds. The first-order chi connectivity index (χ1) is 31.6. The molecule has 0 spiro atoms. The van der Waals surface area contributed by atoms with Gasteiger partial charge in [0.25, 0.3) is 0 Å². The van der Waals surface area contributed by atoms with Crippen LogP contribution in [0.5, 0.6) is 0 Å². The molecule has 0 heterocycles. The van der Waals surface area contributed by atoms with Crippen LogP contribution in [0.4, 0.5) is 0 Å². The highest BCUT2D eigenvalue weighted by Crippen LogP contribution is 2.43. The molecule has 2 unspecified atom stereocenters.